The number of hydrogen-bond acceptors (Lipinski definition) is 2. The third-order valence-corrected chi connectivity index (χ3v) is 4.80. The van der Waals surface area contributed by atoms with Gasteiger partial charge in [-0.25, -0.2) is 4.79 Å². The van der Waals surface area contributed by atoms with Gasteiger partial charge in [-0.2, -0.15) is 0 Å². The lowest BCUT2D eigenvalue weighted by molar-refractivity contribution is 0.169. The SMILES string of the molecule is C/C(=C\COC(N)=O)CCC[C@H](C)CCC[C@H](C)CCCC(C)C. The predicted molar refractivity (Wildman–Crippen MR) is 104 cm³/mol. The highest BCUT2D eigenvalue weighted by Crippen LogP contribution is 2.21. The minimum Gasteiger partial charge on any atom is -0.445 e. The minimum atomic E-state index is -0.703. The lowest BCUT2D eigenvalue weighted by Crippen LogP contribution is -2.12. The van der Waals surface area contributed by atoms with Gasteiger partial charge in [0.05, 0.1) is 0 Å². The van der Waals surface area contributed by atoms with Crippen LogP contribution in [0.2, 0.25) is 0 Å². The molecule has 24 heavy (non-hydrogen) atoms. The summed E-state index contributed by atoms with van der Waals surface area (Å²) < 4.78 is 4.72. The number of rotatable bonds is 14. The maximum absolute atomic E-state index is 10.5. The van der Waals surface area contributed by atoms with Gasteiger partial charge in [0.15, 0.2) is 0 Å². The van der Waals surface area contributed by atoms with Crippen molar-refractivity contribution in [1.29, 1.82) is 0 Å². The molecule has 2 atom stereocenters. The van der Waals surface area contributed by atoms with Gasteiger partial charge < -0.3 is 10.5 Å². The molecule has 0 rings (SSSR count). The van der Waals surface area contributed by atoms with Crippen LogP contribution in [0.4, 0.5) is 4.79 Å². The zero-order chi connectivity index (χ0) is 18.4. The standard InChI is InChI=1S/C21H41NO2/c1-17(2)9-6-10-18(3)11-7-12-19(4)13-8-14-20(5)15-16-24-21(22)23/h15,17-19H,6-14,16H2,1-5H3,(H2,22,23)/b20-15+/t18-,19-/m1/s1. The van der Waals surface area contributed by atoms with Gasteiger partial charge in [0.2, 0.25) is 0 Å². The Bertz CT molecular complexity index is 350. The maximum atomic E-state index is 10.5. The normalized spacial score (nSPS) is 14.7. The van der Waals surface area contributed by atoms with Crippen molar-refractivity contribution in [2.75, 3.05) is 6.61 Å². The van der Waals surface area contributed by atoms with Gasteiger partial charge in [-0.3, -0.25) is 0 Å². The summed E-state index contributed by atoms with van der Waals surface area (Å²) in [6, 6.07) is 0. The average Bonchev–Trinajstić information content (AvgIpc) is 2.46. The van der Waals surface area contributed by atoms with Gasteiger partial charge in [-0.15, -0.1) is 0 Å². The summed E-state index contributed by atoms with van der Waals surface area (Å²) in [5.41, 5.74) is 6.22. The summed E-state index contributed by atoms with van der Waals surface area (Å²) >= 11 is 0. The molecule has 0 aromatic carbocycles. The van der Waals surface area contributed by atoms with Crippen LogP contribution in [-0.4, -0.2) is 12.7 Å². The Morgan fingerprint density at radius 2 is 1.42 bits per heavy atom. The van der Waals surface area contributed by atoms with Crippen LogP contribution in [-0.2, 0) is 4.74 Å². The number of carbonyl (C=O) groups excluding carboxylic acids is 1. The van der Waals surface area contributed by atoms with E-state index in [1.807, 2.05) is 6.08 Å². The largest absolute Gasteiger partial charge is 0.445 e. The fourth-order valence-corrected chi connectivity index (χ4v) is 3.08. The van der Waals surface area contributed by atoms with Gasteiger partial charge in [0.25, 0.3) is 0 Å². The summed E-state index contributed by atoms with van der Waals surface area (Å²) in [5.74, 6) is 2.53. The first-order valence-corrected chi connectivity index (χ1v) is 9.89. The van der Waals surface area contributed by atoms with Gasteiger partial charge in [0.1, 0.15) is 6.61 Å². The molecule has 0 spiro atoms. The van der Waals surface area contributed by atoms with Crippen molar-refractivity contribution >= 4 is 6.09 Å². The van der Waals surface area contributed by atoms with E-state index in [9.17, 15) is 4.79 Å². The molecule has 2 N–H and O–H groups in total. The van der Waals surface area contributed by atoms with Crippen LogP contribution in [0.3, 0.4) is 0 Å². The molecule has 0 aliphatic heterocycles. The third kappa shape index (κ3) is 15.9. The van der Waals surface area contributed by atoms with Gasteiger partial charge in [0, 0.05) is 0 Å². The molecule has 0 bridgehead atoms. The maximum Gasteiger partial charge on any atom is 0.404 e. The van der Waals surface area contributed by atoms with Gasteiger partial charge in [-0.1, -0.05) is 78.2 Å². The highest BCUT2D eigenvalue weighted by atomic mass is 16.5. The first-order chi connectivity index (χ1) is 11.3. The molecular weight excluding hydrogens is 298 g/mol. The molecule has 0 heterocycles. The Kier molecular flexibility index (Phi) is 13.8. The monoisotopic (exact) mass is 339 g/mol. The molecule has 0 radical (unpaired) electrons. The fraction of sp³-hybridized carbons (Fsp3) is 0.857. The van der Waals surface area contributed by atoms with E-state index in [2.05, 4.69) is 34.6 Å². The smallest absolute Gasteiger partial charge is 0.404 e. The zero-order valence-corrected chi connectivity index (χ0v) is 16.8. The Labute approximate surface area is 150 Å². The number of carbonyl (C=O) groups is 1. The lowest BCUT2D eigenvalue weighted by Gasteiger charge is -2.15. The Morgan fingerprint density at radius 3 is 1.92 bits per heavy atom. The van der Waals surface area contributed by atoms with Crippen molar-refractivity contribution in [2.45, 2.75) is 92.4 Å². The summed E-state index contributed by atoms with van der Waals surface area (Å²) in [6.07, 6.45) is 13.1. The quantitative estimate of drug-likeness (QED) is 0.369. The molecule has 0 fully saturated rings. The van der Waals surface area contributed by atoms with E-state index in [0.29, 0.717) is 6.61 Å². The van der Waals surface area contributed by atoms with Crippen molar-refractivity contribution in [3.8, 4) is 0 Å². The van der Waals surface area contributed by atoms with Gasteiger partial charge >= 0.3 is 6.09 Å². The molecule has 3 heteroatoms. The van der Waals surface area contributed by atoms with Crippen LogP contribution < -0.4 is 5.73 Å². The van der Waals surface area contributed by atoms with Crippen LogP contribution in [0.15, 0.2) is 11.6 Å². The van der Waals surface area contributed by atoms with E-state index in [1.165, 1.54) is 56.9 Å². The van der Waals surface area contributed by atoms with Crippen LogP contribution >= 0.6 is 0 Å². The molecule has 0 saturated heterocycles. The summed E-state index contributed by atoms with van der Waals surface area (Å²) in [7, 11) is 0. The van der Waals surface area contributed by atoms with E-state index in [0.717, 1.165) is 24.2 Å². The number of hydrogen-bond donors (Lipinski definition) is 1. The topological polar surface area (TPSA) is 52.3 Å². The highest BCUT2D eigenvalue weighted by Gasteiger charge is 2.06. The number of amides is 1. The van der Waals surface area contributed by atoms with E-state index in [-0.39, 0.29) is 0 Å². The number of allylic oxidation sites excluding steroid dienone is 1. The summed E-state index contributed by atoms with van der Waals surface area (Å²) in [6.45, 7) is 11.8. The van der Waals surface area contributed by atoms with E-state index in [1.54, 1.807) is 0 Å². The van der Waals surface area contributed by atoms with Crippen molar-refractivity contribution in [3.05, 3.63) is 11.6 Å². The molecule has 0 aromatic rings. The van der Waals surface area contributed by atoms with Crippen LogP contribution in [0.1, 0.15) is 92.4 Å². The number of ether oxygens (including phenoxy) is 1. The second-order valence-electron chi connectivity index (χ2n) is 8.04. The molecule has 0 aliphatic rings. The van der Waals surface area contributed by atoms with Crippen LogP contribution in [0.25, 0.3) is 0 Å². The third-order valence-electron chi connectivity index (χ3n) is 4.80. The molecule has 0 saturated carbocycles. The molecule has 3 nitrogen and oxygen atoms in total. The van der Waals surface area contributed by atoms with E-state index < -0.39 is 6.09 Å². The Morgan fingerprint density at radius 1 is 0.917 bits per heavy atom. The molecule has 0 aromatic heterocycles. The summed E-state index contributed by atoms with van der Waals surface area (Å²) in [4.78, 5) is 10.5. The lowest BCUT2D eigenvalue weighted by atomic mass is 9.91. The summed E-state index contributed by atoms with van der Waals surface area (Å²) in [5, 5.41) is 0. The van der Waals surface area contributed by atoms with Crippen molar-refractivity contribution in [2.24, 2.45) is 23.5 Å². The minimum absolute atomic E-state index is 0.297. The predicted octanol–water partition coefficient (Wildman–Crippen LogP) is 6.47. The van der Waals surface area contributed by atoms with E-state index >= 15 is 0 Å². The molecule has 142 valence electrons. The first-order valence-electron chi connectivity index (χ1n) is 9.89. The second-order valence-corrected chi connectivity index (χ2v) is 8.04. The highest BCUT2D eigenvalue weighted by molar-refractivity contribution is 5.64. The molecular formula is C21H41NO2. The van der Waals surface area contributed by atoms with E-state index in [4.69, 9.17) is 10.5 Å². The number of nitrogens with two attached hydrogens (primary N) is 1. The van der Waals surface area contributed by atoms with Crippen molar-refractivity contribution < 1.29 is 9.53 Å². The first kappa shape index (κ1) is 23.0. The average molecular weight is 340 g/mol. The van der Waals surface area contributed by atoms with Crippen molar-refractivity contribution in [3.63, 3.8) is 0 Å². The zero-order valence-electron chi connectivity index (χ0n) is 16.8. The molecule has 0 aliphatic carbocycles. The van der Waals surface area contributed by atoms with Crippen LogP contribution in [0.5, 0.6) is 0 Å². The van der Waals surface area contributed by atoms with Crippen molar-refractivity contribution in [1.82, 2.24) is 0 Å². The Hall–Kier alpha value is -0.990. The molecule has 0 unspecified atom stereocenters. The second kappa shape index (κ2) is 14.4. The Balaban J connectivity index is 3.61. The fourth-order valence-electron chi connectivity index (χ4n) is 3.08. The number of primary amides is 1. The van der Waals surface area contributed by atoms with Crippen LogP contribution in [0, 0.1) is 17.8 Å². The molecule has 1 amide bonds. The van der Waals surface area contributed by atoms with Gasteiger partial charge in [-0.05, 0) is 43.6 Å².